The van der Waals surface area contributed by atoms with Crippen molar-refractivity contribution in [1.29, 1.82) is 5.26 Å². The molecular formula is C30H46N4O10. The lowest BCUT2D eigenvalue weighted by atomic mass is 9.46. The molecule has 2 aliphatic heterocycles. The van der Waals surface area contributed by atoms with Crippen LogP contribution in [0.3, 0.4) is 0 Å². The molecule has 44 heavy (non-hydrogen) atoms. The standard InChI is InChI=1S/C26H40N4O4.C4H6O6/c27-16-21-10-20-11-22(20)30(21)24(31)23(28)25-12-18-9-19(13-25)15-26(14-18,17-25)34-8-7-33-6-3-29-1-4-32-5-2-29;5-1(3(7)8)2(6)4(9)10/h18-23H,1-15,17,28H2;1-2,5-6H,(H,7,8)(H,9,10)/t18-,19?,20+,21-,22-,23+,25?,26?;1-,2+/m0./s1. The number of aliphatic carboxylic acids is 2. The van der Waals surface area contributed by atoms with Crippen molar-refractivity contribution in [2.45, 2.75) is 87.3 Å². The molecule has 1 amide bonds. The minimum atomic E-state index is -2.27. The number of hydrogen-bond donors (Lipinski definition) is 5. The fourth-order valence-electron chi connectivity index (χ4n) is 8.80. The molecule has 7 fully saturated rings. The average Bonchev–Trinajstić information content (AvgIpc) is 3.66. The first-order chi connectivity index (χ1) is 21.0. The minimum absolute atomic E-state index is 0.0279. The summed E-state index contributed by atoms with van der Waals surface area (Å²) in [6.07, 6.45) is 3.74. The van der Waals surface area contributed by atoms with Gasteiger partial charge in [-0.1, -0.05) is 0 Å². The summed E-state index contributed by atoms with van der Waals surface area (Å²) in [5.41, 5.74) is 6.49. The van der Waals surface area contributed by atoms with E-state index in [1.165, 1.54) is 6.42 Å². The first-order valence-corrected chi connectivity index (χ1v) is 15.8. The van der Waals surface area contributed by atoms with Gasteiger partial charge in [0.2, 0.25) is 5.91 Å². The molecule has 2 heterocycles. The summed E-state index contributed by atoms with van der Waals surface area (Å²) < 4.78 is 17.9. The van der Waals surface area contributed by atoms with Gasteiger partial charge >= 0.3 is 11.9 Å². The van der Waals surface area contributed by atoms with Gasteiger partial charge in [0, 0.05) is 25.7 Å². The Morgan fingerprint density at radius 1 is 0.955 bits per heavy atom. The second-order valence-corrected chi connectivity index (χ2v) is 13.7. The van der Waals surface area contributed by atoms with Crippen molar-refractivity contribution in [3.05, 3.63) is 0 Å². The number of nitriles is 1. The topological polar surface area (TPSA) is 216 Å². The highest BCUT2D eigenvalue weighted by Crippen LogP contribution is 2.64. The molecule has 5 saturated carbocycles. The fraction of sp³-hybridized carbons (Fsp3) is 0.867. The van der Waals surface area contributed by atoms with Gasteiger partial charge in [-0.2, -0.15) is 5.26 Å². The van der Waals surface area contributed by atoms with E-state index in [4.69, 9.17) is 40.4 Å². The lowest BCUT2D eigenvalue weighted by Crippen LogP contribution is -2.65. The van der Waals surface area contributed by atoms with Crippen LogP contribution in [0.4, 0.5) is 0 Å². The number of piperidine rings is 1. The quantitative estimate of drug-likeness (QED) is 0.172. The predicted molar refractivity (Wildman–Crippen MR) is 152 cm³/mol. The Kier molecular flexibility index (Phi) is 10.2. The van der Waals surface area contributed by atoms with E-state index in [0.29, 0.717) is 31.0 Å². The summed E-state index contributed by atoms with van der Waals surface area (Å²) in [5.74, 6) is -1.79. The summed E-state index contributed by atoms with van der Waals surface area (Å²) in [6, 6.07) is 1.83. The summed E-state index contributed by atoms with van der Waals surface area (Å²) in [5, 5.41) is 42.1. The third kappa shape index (κ3) is 7.04. The Bertz CT molecular complexity index is 1080. The first-order valence-electron chi connectivity index (χ1n) is 15.8. The zero-order valence-electron chi connectivity index (χ0n) is 25.1. The second-order valence-electron chi connectivity index (χ2n) is 13.7. The number of fused-ring (bicyclic) bond motifs is 1. The average molecular weight is 623 g/mol. The van der Waals surface area contributed by atoms with Crippen LogP contribution in [-0.4, -0.2) is 137 Å². The molecule has 0 aromatic carbocycles. The number of nitrogens with two attached hydrogens (primary N) is 1. The zero-order valence-corrected chi connectivity index (χ0v) is 25.1. The highest BCUT2D eigenvalue weighted by Gasteiger charge is 2.63. The van der Waals surface area contributed by atoms with E-state index in [-0.39, 0.29) is 29.0 Å². The van der Waals surface area contributed by atoms with Crippen LogP contribution in [0.2, 0.25) is 0 Å². The number of rotatable bonds is 12. The predicted octanol–water partition coefficient (Wildman–Crippen LogP) is -0.592. The molecule has 7 aliphatic rings. The number of carboxylic acids is 2. The molecule has 0 radical (unpaired) electrons. The fourth-order valence-corrected chi connectivity index (χ4v) is 8.80. The number of nitrogens with zero attached hydrogens (tertiary/aromatic N) is 3. The van der Waals surface area contributed by atoms with Crippen LogP contribution in [0.25, 0.3) is 0 Å². The Hall–Kier alpha value is -2.38. The van der Waals surface area contributed by atoms with Crippen molar-refractivity contribution in [2.75, 3.05) is 52.7 Å². The van der Waals surface area contributed by atoms with E-state index in [1.807, 2.05) is 4.90 Å². The van der Waals surface area contributed by atoms with Gasteiger partial charge in [-0.05, 0) is 74.5 Å². The number of carboxylic acid groups (broad SMARTS) is 2. The van der Waals surface area contributed by atoms with Crippen molar-refractivity contribution in [1.82, 2.24) is 9.80 Å². The SMILES string of the molecule is N#C[C@@H]1C[C@@H]2C[C@@H]2N1C(=O)[C@@H](N)C12CC3C[C@H](CC(OCCOCCN4CCOCC4)(C3)C1)C2.O=C(O)[C@@H](O)[C@@H](O)C(=O)O. The zero-order chi connectivity index (χ0) is 31.6. The van der Waals surface area contributed by atoms with Gasteiger partial charge in [0.15, 0.2) is 12.2 Å². The monoisotopic (exact) mass is 622 g/mol. The van der Waals surface area contributed by atoms with Crippen LogP contribution in [0.1, 0.15) is 51.4 Å². The first kappa shape index (κ1) is 33.0. The molecule has 14 heteroatoms. The van der Waals surface area contributed by atoms with E-state index in [1.54, 1.807) is 0 Å². The van der Waals surface area contributed by atoms with Crippen molar-refractivity contribution in [2.24, 2.45) is 28.9 Å². The van der Waals surface area contributed by atoms with Crippen LogP contribution in [0, 0.1) is 34.5 Å². The summed E-state index contributed by atoms with van der Waals surface area (Å²) in [4.78, 5) is 37.4. The molecule has 2 saturated heterocycles. The van der Waals surface area contributed by atoms with Crippen molar-refractivity contribution in [3.63, 3.8) is 0 Å². The molecule has 0 spiro atoms. The molecule has 14 nitrogen and oxygen atoms in total. The van der Waals surface area contributed by atoms with Crippen molar-refractivity contribution in [3.8, 4) is 6.07 Å². The van der Waals surface area contributed by atoms with Gasteiger partial charge in [-0.25, -0.2) is 9.59 Å². The van der Waals surface area contributed by atoms with Gasteiger partial charge in [-0.3, -0.25) is 9.69 Å². The molecular weight excluding hydrogens is 576 g/mol. The third-order valence-electron chi connectivity index (χ3n) is 10.6. The number of carbonyl (C=O) groups is 3. The number of morpholine rings is 1. The van der Waals surface area contributed by atoms with Crippen LogP contribution < -0.4 is 5.73 Å². The van der Waals surface area contributed by atoms with Gasteiger partial charge in [-0.15, -0.1) is 0 Å². The van der Waals surface area contributed by atoms with Crippen LogP contribution >= 0.6 is 0 Å². The summed E-state index contributed by atoms with van der Waals surface area (Å²) in [7, 11) is 0. The highest BCUT2D eigenvalue weighted by atomic mass is 16.5. The molecule has 6 N–H and O–H groups in total. The maximum absolute atomic E-state index is 13.6. The molecule has 4 bridgehead atoms. The maximum Gasteiger partial charge on any atom is 0.335 e. The number of likely N-dealkylation sites (tertiary alicyclic amines) is 1. The van der Waals surface area contributed by atoms with E-state index in [2.05, 4.69) is 11.0 Å². The smallest absolute Gasteiger partial charge is 0.335 e. The molecule has 0 aromatic rings. The largest absolute Gasteiger partial charge is 0.479 e. The molecule has 10 atom stereocenters. The van der Waals surface area contributed by atoms with Gasteiger partial charge in [0.25, 0.3) is 0 Å². The van der Waals surface area contributed by atoms with Crippen molar-refractivity contribution < 1.29 is 49.0 Å². The van der Waals surface area contributed by atoms with Crippen molar-refractivity contribution >= 4 is 17.8 Å². The lowest BCUT2D eigenvalue weighted by molar-refractivity contribution is -0.204. The lowest BCUT2D eigenvalue weighted by Gasteiger charge is -2.63. The van der Waals surface area contributed by atoms with Gasteiger partial charge in [0.1, 0.15) is 6.04 Å². The Labute approximate surface area is 257 Å². The Morgan fingerprint density at radius 3 is 2.18 bits per heavy atom. The van der Waals surface area contributed by atoms with Crippen LogP contribution in [0.5, 0.6) is 0 Å². The number of hydrogen-bond acceptors (Lipinski definition) is 11. The van der Waals surface area contributed by atoms with Crippen LogP contribution in [-0.2, 0) is 28.6 Å². The summed E-state index contributed by atoms with van der Waals surface area (Å²) in [6.45, 7) is 6.49. The Morgan fingerprint density at radius 2 is 1.59 bits per heavy atom. The number of aliphatic hydroxyl groups excluding tert-OH is 2. The van der Waals surface area contributed by atoms with E-state index >= 15 is 0 Å². The minimum Gasteiger partial charge on any atom is -0.479 e. The highest BCUT2D eigenvalue weighted by molar-refractivity contribution is 5.84. The number of ether oxygens (including phenoxy) is 3. The van der Waals surface area contributed by atoms with Crippen LogP contribution in [0.15, 0.2) is 0 Å². The Balaban J connectivity index is 0.000000333. The van der Waals surface area contributed by atoms with Gasteiger partial charge < -0.3 is 45.3 Å². The molecule has 246 valence electrons. The number of amides is 1. The third-order valence-corrected chi connectivity index (χ3v) is 10.6. The summed E-state index contributed by atoms with van der Waals surface area (Å²) >= 11 is 0. The molecule has 5 aliphatic carbocycles. The van der Waals surface area contributed by atoms with E-state index < -0.39 is 30.2 Å². The number of aliphatic hydroxyl groups is 2. The second kappa shape index (κ2) is 13.5. The van der Waals surface area contributed by atoms with E-state index in [0.717, 1.165) is 84.4 Å². The molecule has 3 unspecified atom stereocenters. The normalized spacial score (nSPS) is 37.2. The number of carbonyl (C=O) groups excluding carboxylic acids is 1. The molecule has 0 aromatic heterocycles. The molecule has 7 rings (SSSR count). The van der Waals surface area contributed by atoms with E-state index in [9.17, 15) is 19.6 Å². The maximum atomic E-state index is 13.6. The van der Waals surface area contributed by atoms with Gasteiger partial charge in [0.05, 0.1) is 50.7 Å².